The summed E-state index contributed by atoms with van der Waals surface area (Å²) in [5, 5.41) is 2.00. The molecule has 1 N–H and O–H groups in total. The van der Waals surface area contributed by atoms with Gasteiger partial charge in [0.2, 0.25) is 10.0 Å². The highest BCUT2D eigenvalue weighted by Crippen LogP contribution is 2.20. The molecule has 0 amide bonds. The standard InChI is InChI=1S/C14H17NO2S/c1-3-8-15-18(16,17)14-7-6-12-9-11(2)4-5-13(12)10-14/h4-7,9-10,15H,3,8H2,1-2H3. The van der Waals surface area contributed by atoms with Crippen molar-refractivity contribution in [2.24, 2.45) is 0 Å². The van der Waals surface area contributed by atoms with Crippen molar-refractivity contribution < 1.29 is 8.42 Å². The van der Waals surface area contributed by atoms with Crippen LogP contribution in [0.1, 0.15) is 18.9 Å². The first kappa shape index (κ1) is 13.1. The molecule has 3 nitrogen and oxygen atoms in total. The number of hydrogen-bond acceptors (Lipinski definition) is 2. The summed E-state index contributed by atoms with van der Waals surface area (Å²) in [6.07, 6.45) is 0.784. The van der Waals surface area contributed by atoms with E-state index in [1.165, 1.54) is 5.56 Å². The van der Waals surface area contributed by atoms with Gasteiger partial charge in [-0.25, -0.2) is 13.1 Å². The number of nitrogens with one attached hydrogen (secondary N) is 1. The lowest BCUT2D eigenvalue weighted by Gasteiger charge is -2.07. The summed E-state index contributed by atoms with van der Waals surface area (Å²) in [6, 6.07) is 11.2. The third-order valence-electron chi connectivity index (χ3n) is 2.82. The van der Waals surface area contributed by atoms with E-state index < -0.39 is 10.0 Å². The molecular formula is C14H17NO2S. The van der Waals surface area contributed by atoms with Gasteiger partial charge in [0.15, 0.2) is 0 Å². The highest BCUT2D eigenvalue weighted by atomic mass is 32.2. The SMILES string of the molecule is CCCNS(=O)(=O)c1ccc2cc(C)ccc2c1. The van der Waals surface area contributed by atoms with Crippen LogP contribution in [-0.4, -0.2) is 15.0 Å². The van der Waals surface area contributed by atoms with E-state index >= 15 is 0 Å². The molecule has 0 aliphatic carbocycles. The second-order valence-corrected chi connectivity index (χ2v) is 6.18. The van der Waals surface area contributed by atoms with Gasteiger partial charge >= 0.3 is 0 Å². The Hall–Kier alpha value is -1.39. The maximum absolute atomic E-state index is 12.0. The molecule has 0 unspecified atom stereocenters. The van der Waals surface area contributed by atoms with Crippen molar-refractivity contribution >= 4 is 20.8 Å². The van der Waals surface area contributed by atoms with Gasteiger partial charge in [-0.1, -0.05) is 36.8 Å². The van der Waals surface area contributed by atoms with Gasteiger partial charge in [-0.3, -0.25) is 0 Å². The normalized spacial score (nSPS) is 11.9. The van der Waals surface area contributed by atoms with E-state index in [1.807, 2.05) is 38.1 Å². The van der Waals surface area contributed by atoms with E-state index in [1.54, 1.807) is 12.1 Å². The van der Waals surface area contributed by atoms with E-state index in [0.29, 0.717) is 11.4 Å². The van der Waals surface area contributed by atoms with Gasteiger partial charge in [0, 0.05) is 6.54 Å². The summed E-state index contributed by atoms with van der Waals surface area (Å²) >= 11 is 0. The van der Waals surface area contributed by atoms with E-state index in [2.05, 4.69) is 4.72 Å². The van der Waals surface area contributed by atoms with Gasteiger partial charge in [0.1, 0.15) is 0 Å². The molecule has 0 saturated carbocycles. The van der Waals surface area contributed by atoms with Gasteiger partial charge in [-0.15, -0.1) is 0 Å². The first-order valence-electron chi connectivity index (χ1n) is 6.03. The molecule has 18 heavy (non-hydrogen) atoms. The number of aryl methyl sites for hydroxylation is 1. The van der Waals surface area contributed by atoms with E-state index in [4.69, 9.17) is 0 Å². The Balaban J connectivity index is 2.44. The molecule has 96 valence electrons. The zero-order valence-electron chi connectivity index (χ0n) is 10.6. The monoisotopic (exact) mass is 263 g/mol. The molecule has 0 heterocycles. The Morgan fingerprint density at radius 1 is 1.06 bits per heavy atom. The fraction of sp³-hybridized carbons (Fsp3) is 0.286. The predicted molar refractivity (Wildman–Crippen MR) is 74.2 cm³/mol. The fourth-order valence-corrected chi connectivity index (χ4v) is 3.00. The van der Waals surface area contributed by atoms with Crippen LogP contribution >= 0.6 is 0 Å². The summed E-state index contributed by atoms with van der Waals surface area (Å²) in [5.41, 5.74) is 1.17. The molecule has 0 atom stereocenters. The highest BCUT2D eigenvalue weighted by molar-refractivity contribution is 7.89. The number of hydrogen-bond donors (Lipinski definition) is 1. The molecule has 0 spiro atoms. The van der Waals surface area contributed by atoms with Crippen molar-refractivity contribution in [2.45, 2.75) is 25.2 Å². The van der Waals surface area contributed by atoms with Gasteiger partial charge in [0.25, 0.3) is 0 Å². The van der Waals surface area contributed by atoms with Crippen LogP contribution in [0.5, 0.6) is 0 Å². The van der Waals surface area contributed by atoms with Crippen molar-refractivity contribution in [3.63, 3.8) is 0 Å². The second-order valence-electron chi connectivity index (χ2n) is 4.41. The van der Waals surface area contributed by atoms with Crippen molar-refractivity contribution in [2.75, 3.05) is 6.54 Å². The van der Waals surface area contributed by atoms with Crippen molar-refractivity contribution in [3.8, 4) is 0 Å². The average Bonchev–Trinajstić information content (AvgIpc) is 2.35. The van der Waals surface area contributed by atoms with Crippen LogP contribution in [0.2, 0.25) is 0 Å². The Labute approximate surface area is 108 Å². The quantitative estimate of drug-likeness (QED) is 0.922. The second kappa shape index (κ2) is 5.08. The van der Waals surface area contributed by atoms with Gasteiger partial charge in [-0.2, -0.15) is 0 Å². The smallest absolute Gasteiger partial charge is 0.211 e. The molecular weight excluding hydrogens is 246 g/mol. The van der Waals surface area contributed by atoms with Crippen LogP contribution in [0.4, 0.5) is 0 Å². The van der Waals surface area contributed by atoms with Crippen LogP contribution in [0.15, 0.2) is 41.3 Å². The summed E-state index contributed by atoms with van der Waals surface area (Å²) < 4.78 is 26.6. The molecule has 0 bridgehead atoms. The number of sulfonamides is 1. The molecule has 0 aliphatic rings. The average molecular weight is 263 g/mol. The zero-order valence-corrected chi connectivity index (χ0v) is 11.4. The van der Waals surface area contributed by atoms with Crippen LogP contribution in [0, 0.1) is 6.92 Å². The third-order valence-corrected chi connectivity index (χ3v) is 4.28. The molecule has 4 heteroatoms. The summed E-state index contributed by atoms with van der Waals surface area (Å²) in [4.78, 5) is 0.326. The molecule has 2 aromatic carbocycles. The van der Waals surface area contributed by atoms with Crippen molar-refractivity contribution in [1.82, 2.24) is 4.72 Å². The van der Waals surface area contributed by atoms with Crippen LogP contribution in [0.3, 0.4) is 0 Å². The van der Waals surface area contributed by atoms with Crippen molar-refractivity contribution in [1.29, 1.82) is 0 Å². The first-order valence-corrected chi connectivity index (χ1v) is 7.51. The lowest BCUT2D eigenvalue weighted by molar-refractivity contribution is 0.581. The number of fused-ring (bicyclic) bond motifs is 1. The minimum absolute atomic E-state index is 0.326. The zero-order chi connectivity index (χ0) is 13.2. The lowest BCUT2D eigenvalue weighted by Crippen LogP contribution is -2.24. The maximum atomic E-state index is 12.0. The highest BCUT2D eigenvalue weighted by Gasteiger charge is 2.13. The fourth-order valence-electron chi connectivity index (χ4n) is 1.83. The molecule has 2 aromatic rings. The Morgan fingerprint density at radius 2 is 1.72 bits per heavy atom. The topological polar surface area (TPSA) is 46.2 Å². The third kappa shape index (κ3) is 2.71. The Bertz CT molecular complexity index is 663. The minimum Gasteiger partial charge on any atom is -0.211 e. The summed E-state index contributed by atoms with van der Waals surface area (Å²) in [7, 11) is -3.37. The lowest BCUT2D eigenvalue weighted by atomic mass is 10.1. The summed E-state index contributed by atoms with van der Waals surface area (Å²) in [6.45, 7) is 4.42. The first-order chi connectivity index (χ1) is 8.53. The molecule has 0 radical (unpaired) electrons. The van der Waals surface area contributed by atoms with Gasteiger partial charge in [-0.05, 0) is 36.2 Å². The summed E-state index contributed by atoms with van der Waals surface area (Å²) in [5.74, 6) is 0. The molecule has 2 rings (SSSR count). The number of benzene rings is 2. The van der Waals surface area contributed by atoms with Crippen LogP contribution in [0.25, 0.3) is 10.8 Å². The molecule has 0 aromatic heterocycles. The van der Waals surface area contributed by atoms with Crippen LogP contribution in [-0.2, 0) is 10.0 Å². The van der Waals surface area contributed by atoms with Gasteiger partial charge < -0.3 is 0 Å². The Kier molecular flexibility index (Phi) is 3.68. The van der Waals surface area contributed by atoms with E-state index in [-0.39, 0.29) is 0 Å². The number of rotatable bonds is 4. The van der Waals surface area contributed by atoms with Crippen LogP contribution < -0.4 is 4.72 Å². The van der Waals surface area contributed by atoms with Crippen molar-refractivity contribution in [3.05, 3.63) is 42.0 Å². The van der Waals surface area contributed by atoms with E-state index in [9.17, 15) is 8.42 Å². The minimum atomic E-state index is -3.37. The van der Waals surface area contributed by atoms with E-state index in [0.717, 1.165) is 17.2 Å². The predicted octanol–water partition coefficient (Wildman–Crippen LogP) is 2.84. The molecule has 0 aliphatic heterocycles. The largest absolute Gasteiger partial charge is 0.240 e. The molecule has 0 saturated heterocycles. The maximum Gasteiger partial charge on any atom is 0.240 e. The van der Waals surface area contributed by atoms with Gasteiger partial charge in [0.05, 0.1) is 4.90 Å². The molecule has 0 fully saturated rings. The Morgan fingerprint density at radius 3 is 2.44 bits per heavy atom.